The zero-order chi connectivity index (χ0) is 12.4. The maximum atomic E-state index is 13.7. The summed E-state index contributed by atoms with van der Waals surface area (Å²) in [6.45, 7) is 3.60. The Bertz CT molecular complexity index is 383. The van der Waals surface area contributed by atoms with Gasteiger partial charge in [-0.15, -0.1) is 0 Å². The Morgan fingerprint density at radius 3 is 2.59 bits per heavy atom. The van der Waals surface area contributed by atoms with Gasteiger partial charge in [0.2, 0.25) is 0 Å². The lowest BCUT2D eigenvalue weighted by Gasteiger charge is -2.20. The van der Waals surface area contributed by atoms with E-state index in [-0.39, 0.29) is 11.4 Å². The molecule has 0 bridgehead atoms. The average Bonchev–Trinajstić information content (AvgIpc) is 2.65. The van der Waals surface area contributed by atoms with Crippen molar-refractivity contribution in [2.24, 2.45) is 5.92 Å². The number of nitrogen functional groups attached to an aromatic ring is 1. The van der Waals surface area contributed by atoms with Crippen LogP contribution in [0.3, 0.4) is 0 Å². The topological polar surface area (TPSA) is 29.3 Å². The van der Waals surface area contributed by atoms with Crippen LogP contribution in [0.25, 0.3) is 0 Å². The third kappa shape index (κ3) is 2.51. The van der Waals surface area contributed by atoms with Gasteiger partial charge in [-0.2, -0.15) is 0 Å². The molecule has 1 atom stereocenters. The van der Waals surface area contributed by atoms with E-state index in [2.05, 4.69) is 6.92 Å². The molecule has 17 heavy (non-hydrogen) atoms. The van der Waals surface area contributed by atoms with Crippen LogP contribution in [0.5, 0.6) is 0 Å². The van der Waals surface area contributed by atoms with Crippen molar-refractivity contribution >= 4 is 11.4 Å². The Balaban J connectivity index is 2.19. The molecule has 94 valence electrons. The van der Waals surface area contributed by atoms with Crippen molar-refractivity contribution in [2.75, 3.05) is 23.7 Å². The third-order valence-electron chi connectivity index (χ3n) is 3.34. The second kappa shape index (κ2) is 4.90. The van der Waals surface area contributed by atoms with Gasteiger partial charge in [0.15, 0.2) is 11.6 Å². The number of hydrogen-bond donors (Lipinski definition) is 1. The second-order valence-corrected chi connectivity index (χ2v) is 4.72. The van der Waals surface area contributed by atoms with Crippen molar-refractivity contribution in [2.45, 2.75) is 26.2 Å². The Kier molecular flexibility index (Phi) is 3.50. The predicted molar refractivity (Wildman–Crippen MR) is 66.0 cm³/mol. The van der Waals surface area contributed by atoms with Gasteiger partial charge in [-0.1, -0.05) is 13.3 Å². The van der Waals surface area contributed by atoms with E-state index >= 15 is 0 Å². The summed E-state index contributed by atoms with van der Waals surface area (Å²) < 4.78 is 27.4. The van der Waals surface area contributed by atoms with Gasteiger partial charge >= 0.3 is 0 Å². The van der Waals surface area contributed by atoms with Crippen LogP contribution < -0.4 is 10.6 Å². The van der Waals surface area contributed by atoms with Gasteiger partial charge in [0, 0.05) is 18.8 Å². The monoisotopic (exact) mass is 240 g/mol. The molecule has 4 heteroatoms. The normalized spacial score (nSPS) is 19.9. The standard InChI is InChI=1S/C13H18F2N2/c1-2-3-9-4-5-17(8-9)13-11(14)6-10(16)7-12(13)15/h6-7,9H,2-5,8,16H2,1H3. The average molecular weight is 240 g/mol. The molecule has 2 N–H and O–H groups in total. The lowest BCUT2D eigenvalue weighted by molar-refractivity contribution is 0.526. The fourth-order valence-electron chi connectivity index (χ4n) is 2.57. The third-order valence-corrected chi connectivity index (χ3v) is 3.34. The van der Waals surface area contributed by atoms with Crippen molar-refractivity contribution in [1.82, 2.24) is 0 Å². The maximum Gasteiger partial charge on any atom is 0.151 e. The van der Waals surface area contributed by atoms with E-state index in [1.807, 2.05) is 0 Å². The first-order valence-electron chi connectivity index (χ1n) is 6.11. The van der Waals surface area contributed by atoms with Crippen molar-refractivity contribution in [3.63, 3.8) is 0 Å². The molecule has 1 aliphatic heterocycles. The van der Waals surface area contributed by atoms with Gasteiger partial charge in [0.25, 0.3) is 0 Å². The Labute approximate surface area is 100 Å². The number of hydrogen-bond acceptors (Lipinski definition) is 2. The van der Waals surface area contributed by atoms with Crippen molar-refractivity contribution in [3.8, 4) is 0 Å². The molecule has 0 spiro atoms. The number of halogens is 2. The highest BCUT2D eigenvalue weighted by Crippen LogP contribution is 2.31. The highest BCUT2D eigenvalue weighted by atomic mass is 19.1. The largest absolute Gasteiger partial charge is 0.399 e. The molecule has 1 saturated heterocycles. The zero-order valence-electron chi connectivity index (χ0n) is 10.0. The molecule has 0 aliphatic carbocycles. The summed E-state index contributed by atoms with van der Waals surface area (Å²) in [7, 11) is 0. The molecule has 1 heterocycles. The van der Waals surface area contributed by atoms with E-state index in [1.54, 1.807) is 4.90 Å². The summed E-state index contributed by atoms with van der Waals surface area (Å²) in [4.78, 5) is 1.80. The highest BCUT2D eigenvalue weighted by Gasteiger charge is 2.26. The first kappa shape index (κ1) is 12.1. The van der Waals surface area contributed by atoms with Crippen LogP contribution in [0, 0.1) is 17.6 Å². The van der Waals surface area contributed by atoms with Gasteiger partial charge in [-0.05, 0) is 30.9 Å². The molecule has 1 fully saturated rings. The van der Waals surface area contributed by atoms with Crippen molar-refractivity contribution in [1.29, 1.82) is 0 Å². The van der Waals surface area contributed by atoms with E-state index in [9.17, 15) is 8.78 Å². The fourth-order valence-corrected chi connectivity index (χ4v) is 2.57. The molecule has 1 aliphatic rings. The Morgan fingerprint density at radius 1 is 1.35 bits per heavy atom. The first-order chi connectivity index (χ1) is 8.11. The maximum absolute atomic E-state index is 13.7. The molecule has 1 unspecified atom stereocenters. The molecular weight excluding hydrogens is 222 g/mol. The highest BCUT2D eigenvalue weighted by molar-refractivity contribution is 5.56. The second-order valence-electron chi connectivity index (χ2n) is 4.72. The van der Waals surface area contributed by atoms with E-state index in [1.165, 1.54) is 12.1 Å². The quantitative estimate of drug-likeness (QED) is 0.822. The van der Waals surface area contributed by atoms with Crippen LogP contribution in [-0.2, 0) is 0 Å². The number of anilines is 2. The number of rotatable bonds is 3. The van der Waals surface area contributed by atoms with Crippen LogP contribution in [-0.4, -0.2) is 13.1 Å². The summed E-state index contributed by atoms with van der Waals surface area (Å²) in [6, 6.07) is 2.37. The van der Waals surface area contributed by atoms with Crippen molar-refractivity contribution in [3.05, 3.63) is 23.8 Å². The van der Waals surface area contributed by atoms with Crippen LogP contribution in [0.15, 0.2) is 12.1 Å². The minimum atomic E-state index is -0.556. The number of nitrogens with two attached hydrogens (primary N) is 1. The van der Waals surface area contributed by atoms with E-state index in [0.29, 0.717) is 5.92 Å². The van der Waals surface area contributed by atoms with E-state index < -0.39 is 11.6 Å². The molecule has 1 aromatic rings. The van der Waals surface area contributed by atoms with Crippen LogP contribution in [0.4, 0.5) is 20.2 Å². The lowest BCUT2D eigenvalue weighted by atomic mass is 10.0. The van der Waals surface area contributed by atoms with Gasteiger partial charge < -0.3 is 10.6 Å². The van der Waals surface area contributed by atoms with Crippen LogP contribution in [0.2, 0.25) is 0 Å². The molecular formula is C13H18F2N2. The lowest BCUT2D eigenvalue weighted by Crippen LogP contribution is -2.22. The molecule has 2 rings (SSSR count). The summed E-state index contributed by atoms with van der Waals surface area (Å²) in [5.41, 5.74) is 5.62. The van der Waals surface area contributed by atoms with Crippen LogP contribution in [0.1, 0.15) is 26.2 Å². The van der Waals surface area contributed by atoms with Crippen LogP contribution >= 0.6 is 0 Å². The molecule has 0 radical (unpaired) electrons. The summed E-state index contributed by atoms with van der Waals surface area (Å²) in [5.74, 6) is -0.560. The fraction of sp³-hybridized carbons (Fsp3) is 0.538. The first-order valence-corrected chi connectivity index (χ1v) is 6.11. The van der Waals surface area contributed by atoms with Crippen molar-refractivity contribution < 1.29 is 8.78 Å². The summed E-state index contributed by atoms with van der Waals surface area (Å²) in [5, 5.41) is 0. The molecule has 0 amide bonds. The minimum absolute atomic E-state index is 0.0813. The molecule has 0 saturated carbocycles. The summed E-state index contributed by atoms with van der Waals surface area (Å²) >= 11 is 0. The van der Waals surface area contributed by atoms with E-state index in [0.717, 1.165) is 32.4 Å². The SMILES string of the molecule is CCCC1CCN(c2c(F)cc(N)cc2F)C1. The molecule has 2 nitrogen and oxygen atoms in total. The number of benzene rings is 1. The number of nitrogens with zero attached hydrogens (tertiary/aromatic N) is 1. The Morgan fingerprint density at radius 2 is 2.00 bits per heavy atom. The smallest absolute Gasteiger partial charge is 0.151 e. The minimum Gasteiger partial charge on any atom is -0.399 e. The molecule has 1 aromatic carbocycles. The van der Waals surface area contributed by atoms with Gasteiger partial charge in [0.05, 0.1) is 0 Å². The predicted octanol–water partition coefficient (Wildman–Crippen LogP) is 3.17. The zero-order valence-corrected chi connectivity index (χ0v) is 10.0. The van der Waals surface area contributed by atoms with Gasteiger partial charge in [0.1, 0.15) is 5.69 Å². The summed E-state index contributed by atoms with van der Waals surface area (Å²) in [6.07, 6.45) is 3.25. The molecule has 0 aromatic heterocycles. The van der Waals surface area contributed by atoms with Gasteiger partial charge in [-0.3, -0.25) is 0 Å². The van der Waals surface area contributed by atoms with Gasteiger partial charge in [-0.25, -0.2) is 8.78 Å². The van der Waals surface area contributed by atoms with E-state index in [4.69, 9.17) is 5.73 Å². The Hall–Kier alpha value is -1.32.